The molecule has 2 aliphatic rings. The van der Waals surface area contributed by atoms with Gasteiger partial charge in [-0.25, -0.2) is 4.39 Å². The van der Waals surface area contributed by atoms with Gasteiger partial charge in [-0.1, -0.05) is 50.8 Å². The highest BCUT2D eigenvalue weighted by Crippen LogP contribution is 2.39. The van der Waals surface area contributed by atoms with Crippen LogP contribution in [-0.4, -0.2) is 6.61 Å². The Morgan fingerprint density at radius 1 is 0.964 bits per heavy atom. The molecule has 2 fully saturated rings. The van der Waals surface area contributed by atoms with Crippen molar-refractivity contribution in [2.75, 3.05) is 6.61 Å². The molecule has 2 aliphatic carbocycles. The highest BCUT2D eigenvalue weighted by molar-refractivity contribution is 5.33. The molecule has 1 nitrogen and oxygen atoms in total. The molecule has 0 amide bonds. The number of allylic oxidation sites excluding steroid dienone is 2. The molecule has 156 valence electrons. The third-order valence-corrected chi connectivity index (χ3v) is 6.87. The van der Waals surface area contributed by atoms with Gasteiger partial charge in [-0.2, -0.15) is 4.39 Å². The lowest BCUT2D eigenvalue weighted by molar-refractivity contribution is 0.278. The standard InChI is InChI=1S/C25H36F2O/c1-3-28-23-17-16-22(24(26)25(23)27)21-14-12-20(13-15-21)7-5-4-6-19-10-8-18(2)9-11-19/h5,7,16-21H,3-4,6,8-15H2,1-2H3/b7-5+. The van der Waals surface area contributed by atoms with Crippen LogP contribution in [-0.2, 0) is 0 Å². The van der Waals surface area contributed by atoms with Crippen LogP contribution in [0, 0.1) is 29.4 Å². The van der Waals surface area contributed by atoms with E-state index < -0.39 is 11.6 Å². The lowest BCUT2D eigenvalue weighted by atomic mass is 9.78. The van der Waals surface area contributed by atoms with E-state index >= 15 is 0 Å². The minimum atomic E-state index is -0.835. The van der Waals surface area contributed by atoms with Crippen LogP contribution in [0.5, 0.6) is 5.75 Å². The van der Waals surface area contributed by atoms with Gasteiger partial charge < -0.3 is 4.74 Å². The lowest BCUT2D eigenvalue weighted by Crippen LogP contribution is -2.14. The second-order valence-corrected chi connectivity index (χ2v) is 8.96. The van der Waals surface area contributed by atoms with Gasteiger partial charge in [0, 0.05) is 0 Å². The van der Waals surface area contributed by atoms with Crippen molar-refractivity contribution >= 4 is 0 Å². The van der Waals surface area contributed by atoms with Crippen molar-refractivity contribution < 1.29 is 13.5 Å². The Morgan fingerprint density at radius 2 is 1.68 bits per heavy atom. The van der Waals surface area contributed by atoms with Crippen molar-refractivity contribution in [1.29, 1.82) is 0 Å². The van der Waals surface area contributed by atoms with Gasteiger partial charge in [0.1, 0.15) is 0 Å². The van der Waals surface area contributed by atoms with Crippen molar-refractivity contribution in [2.45, 2.75) is 84.0 Å². The van der Waals surface area contributed by atoms with E-state index in [0.717, 1.165) is 37.5 Å². The highest BCUT2D eigenvalue weighted by atomic mass is 19.2. The van der Waals surface area contributed by atoms with Gasteiger partial charge in [-0.05, 0) is 80.8 Å². The van der Waals surface area contributed by atoms with Gasteiger partial charge in [0.15, 0.2) is 11.6 Å². The van der Waals surface area contributed by atoms with E-state index in [4.69, 9.17) is 4.74 Å². The Bertz CT molecular complexity index is 638. The third-order valence-electron chi connectivity index (χ3n) is 6.87. The van der Waals surface area contributed by atoms with E-state index in [1.807, 2.05) is 0 Å². The van der Waals surface area contributed by atoms with Crippen molar-refractivity contribution in [2.24, 2.45) is 17.8 Å². The Labute approximate surface area is 169 Å². The Balaban J connectivity index is 1.44. The van der Waals surface area contributed by atoms with Gasteiger partial charge in [0.2, 0.25) is 5.82 Å². The first-order chi connectivity index (χ1) is 13.6. The molecular formula is C25H36F2O. The molecule has 0 N–H and O–H groups in total. The van der Waals surface area contributed by atoms with Crippen molar-refractivity contribution in [3.8, 4) is 5.75 Å². The molecule has 0 saturated heterocycles. The molecule has 0 bridgehead atoms. The largest absolute Gasteiger partial charge is 0.491 e. The zero-order valence-corrected chi connectivity index (χ0v) is 17.6. The lowest BCUT2D eigenvalue weighted by Gasteiger charge is -2.28. The van der Waals surface area contributed by atoms with E-state index in [-0.39, 0.29) is 11.7 Å². The van der Waals surface area contributed by atoms with Crippen LogP contribution in [0.15, 0.2) is 24.3 Å². The Hall–Kier alpha value is -1.38. The smallest absolute Gasteiger partial charge is 0.200 e. The number of ether oxygens (including phenoxy) is 1. The predicted octanol–water partition coefficient (Wildman–Crippen LogP) is 7.80. The fraction of sp³-hybridized carbons (Fsp3) is 0.680. The maximum atomic E-state index is 14.4. The molecule has 0 spiro atoms. The molecule has 28 heavy (non-hydrogen) atoms. The Kier molecular flexibility index (Phi) is 7.93. The molecule has 3 heteroatoms. The van der Waals surface area contributed by atoms with Crippen molar-refractivity contribution in [3.63, 3.8) is 0 Å². The molecular weight excluding hydrogens is 354 g/mol. The van der Waals surface area contributed by atoms with E-state index in [1.54, 1.807) is 19.1 Å². The molecule has 0 atom stereocenters. The molecule has 2 saturated carbocycles. The second kappa shape index (κ2) is 10.4. The van der Waals surface area contributed by atoms with Crippen LogP contribution in [0.2, 0.25) is 0 Å². The minimum absolute atomic E-state index is 0.0211. The monoisotopic (exact) mass is 390 g/mol. The van der Waals surface area contributed by atoms with Gasteiger partial charge in [0.05, 0.1) is 6.61 Å². The summed E-state index contributed by atoms with van der Waals surface area (Å²) in [6, 6.07) is 3.30. The fourth-order valence-corrected chi connectivity index (χ4v) is 4.99. The van der Waals surface area contributed by atoms with Crippen LogP contribution in [0.1, 0.15) is 89.5 Å². The molecule has 0 heterocycles. The van der Waals surface area contributed by atoms with Gasteiger partial charge >= 0.3 is 0 Å². The Morgan fingerprint density at radius 3 is 2.36 bits per heavy atom. The molecule has 0 radical (unpaired) electrons. The first-order valence-corrected chi connectivity index (χ1v) is 11.4. The first-order valence-electron chi connectivity index (χ1n) is 11.4. The SMILES string of the molecule is CCOc1ccc(C2CCC(/C=C/CCC3CCC(C)CC3)CC2)c(F)c1F. The van der Waals surface area contributed by atoms with E-state index in [9.17, 15) is 8.78 Å². The van der Waals surface area contributed by atoms with Crippen LogP contribution >= 0.6 is 0 Å². The summed E-state index contributed by atoms with van der Waals surface area (Å²) >= 11 is 0. The van der Waals surface area contributed by atoms with Crippen LogP contribution in [0.3, 0.4) is 0 Å². The normalized spacial score (nSPS) is 28.6. The molecule has 0 aliphatic heterocycles. The van der Waals surface area contributed by atoms with Crippen LogP contribution in [0.25, 0.3) is 0 Å². The molecule has 1 aromatic carbocycles. The van der Waals surface area contributed by atoms with Crippen molar-refractivity contribution in [3.05, 3.63) is 41.5 Å². The summed E-state index contributed by atoms with van der Waals surface area (Å²) < 4.78 is 33.8. The summed E-state index contributed by atoms with van der Waals surface area (Å²) in [6.07, 6.45) is 16.9. The number of halogens is 2. The van der Waals surface area contributed by atoms with E-state index in [1.165, 1.54) is 38.5 Å². The number of rotatable bonds is 7. The van der Waals surface area contributed by atoms with Crippen molar-refractivity contribution in [1.82, 2.24) is 0 Å². The van der Waals surface area contributed by atoms with Crippen LogP contribution in [0.4, 0.5) is 8.78 Å². The van der Waals surface area contributed by atoms with E-state index in [2.05, 4.69) is 19.1 Å². The number of benzene rings is 1. The zero-order valence-electron chi connectivity index (χ0n) is 17.6. The summed E-state index contributed by atoms with van der Waals surface area (Å²) in [5.74, 6) is 1.04. The highest BCUT2D eigenvalue weighted by Gasteiger charge is 2.26. The quantitative estimate of drug-likeness (QED) is 0.432. The average Bonchev–Trinajstić information content (AvgIpc) is 2.71. The predicted molar refractivity (Wildman–Crippen MR) is 112 cm³/mol. The molecule has 1 aromatic rings. The topological polar surface area (TPSA) is 9.23 Å². The maximum absolute atomic E-state index is 14.4. The van der Waals surface area contributed by atoms with Crippen LogP contribution < -0.4 is 4.74 Å². The van der Waals surface area contributed by atoms with Gasteiger partial charge in [-0.3, -0.25) is 0 Å². The summed E-state index contributed by atoms with van der Waals surface area (Å²) in [4.78, 5) is 0. The zero-order chi connectivity index (χ0) is 19.9. The number of hydrogen-bond donors (Lipinski definition) is 0. The number of hydrogen-bond acceptors (Lipinski definition) is 1. The molecule has 0 aromatic heterocycles. The summed E-state index contributed by atoms with van der Waals surface area (Å²) in [6.45, 7) is 4.49. The minimum Gasteiger partial charge on any atom is -0.491 e. The average molecular weight is 391 g/mol. The molecule has 0 unspecified atom stereocenters. The summed E-state index contributed by atoms with van der Waals surface area (Å²) in [7, 11) is 0. The van der Waals surface area contributed by atoms with Gasteiger partial charge in [0.25, 0.3) is 0 Å². The second-order valence-electron chi connectivity index (χ2n) is 8.96. The van der Waals surface area contributed by atoms with E-state index in [0.29, 0.717) is 18.1 Å². The summed E-state index contributed by atoms with van der Waals surface area (Å²) in [5, 5.41) is 0. The van der Waals surface area contributed by atoms with Gasteiger partial charge in [-0.15, -0.1) is 0 Å². The maximum Gasteiger partial charge on any atom is 0.200 e. The summed E-state index contributed by atoms with van der Waals surface area (Å²) in [5.41, 5.74) is 0.523. The fourth-order valence-electron chi connectivity index (χ4n) is 4.99. The third kappa shape index (κ3) is 5.58. The molecule has 3 rings (SSSR count). The first kappa shape index (κ1) is 21.3.